The highest BCUT2D eigenvalue weighted by molar-refractivity contribution is 7.89. The van der Waals surface area contributed by atoms with E-state index < -0.39 is 14.9 Å². The first kappa shape index (κ1) is 20.2. The number of nitro benzene ring substituents is 1. The van der Waals surface area contributed by atoms with Crippen LogP contribution in [-0.2, 0) is 10.0 Å². The minimum atomic E-state index is -3.75. The van der Waals surface area contributed by atoms with Crippen molar-refractivity contribution in [3.05, 3.63) is 64.6 Å². The number of carbonyl (C=O) groups is 1. The van der Waals surface area contributed by atoms with Gasteiger partial charge in [-0.2, -0.15) is 4.31 Å². The van der Waals surface area contributed by atoms with E-state index in [1.54, 1.807) is 41.4 Å². The molecule has 4 heterocycles. The van der Waals surface area contributed by atoms with Gasteiger partial charge in [0.1, 0.15) is 21.8 Å². The van der Waals surface area contributed by atoms with Crippen molar-refractivity contribution in [1.82, 2.24) is 24.2 Å². The van der Waals surface area contributed by atoms with Crippen molar-refractivity contribution in [3.8, 4) is 0 Å². The Balaban J connectivity index is 1.34. The average molecular weight is 454 g/mol. The first-order chi connectivity index (χ1) is 15.4. The van der Waals surface area contributed by atoms with Gasteiger partial charge in [-0.05, 0) is 18.2 Å². The van der Waals surface area contributed by atoms with E-state index in [9.17, 15) is 23.3 Å². The van der Waals surface area contributed by atoms with Crippen molar-refractivity contribution in [3.63, 3.8) is 0 Å². The van der Waals surface area contributed by atoms with Crippen LogP contribution in [0.2, 0.25) is 0 Å². The summed E-state index contributed by atoms with van der Waals surface area (Å²) in [6.07, 6.45) is 3.01. The molecule has 1 aromatic carbocycles. The summed E-state index contributed by atoms with van der Waals surface area (Å²) in [5.41, 5.74) is 0.904. The molecule has 32 heavy (non-hydrogen) atoms. The fourth-order valence-corrected chi connectivity index (χ4v) is 5.57. The molecule has 1 aliphatic rings. The Labute approximate surface area is 181 Å². The van der Waals surface area contributed by atoms with Crippen LogP contribution in [0, 0.1) is 10.1 Å². The number of hydrogen-bond donors (Lipinski definition) is 2. The lowest BCUT2D eigenvalue weighted by atomic mass is 10.2. The molecule has 2 N–H and O–H groups in total. The zero-order valence-corrected chi connectivity index (χ0v) is 17.5. The minimum Gasteiger partial charge on any atom is -0.345 e. The number of H-pyrrole nitrogens is 2. The van der Waals surface area contributed by atoms with Gasteiger partial charge < -0.3 is 14.9 Å². The highest BCUT2D eigenvalue weighted by atomic mass is 32.2. The molecular formula is C20H18N6O5S. The normalized spacial score (nSPS) is 15.4. The lowest BCUT2D eigenvalue weighted by molar-refractivity contribution is -0.383. The van der Waals surface area contributed by atoms with Crippen LogP contribution in [0.15, 0.2) is 53.7 Å². The Hall–Kier alpha value is -3.77. The molecule has 0 aliphatic carbocycles. The lowest BCUT2D eigenvalue weighted by Gasteiger charge is -2.33. The average Bonchev–Trinajstić information content (AvgIpc) is 3.43. The number of nitrogens with zero attached hydrogens (tertiary/aromatic N) is 4. The largest absolute Gasteiger partial charge is 0.345 e. The summed E-state index contributed by atoms with van der Waals surface area (Å²) in [7, 11) is -3.75. The summed E-state index contributed by atoms with van der Waals surface area (Å²) in [6, 6.07) is 9.57. The van der Waals surface area contributed by atoms with Crippen molar-refractivity contribution in [2.24, 2.45) is 0 Å². The molecule has 1 fully saturated rings. The minimum absolute atomic E-state index is 0.106. The zero-order valence-electron chi connectivity index (χ0n) is 16.7. The summed E-state index contributed by atoms with van der Waals surface area (Å²) in [6.45, 7) is 0.690. The van der Waals surface area contributed by atoms with Crippen LogP contribution in [0.25, 0.3) is 21.9 Å². The molecule has 1 amide bonds. The Morgan fingerprint density at radius 2 is 1.91 bits per heavy atom. The summed E-state index contributed by atoms with van der Waals surface area (Å²) in [4.78, 5) is 35.2. The second-order valence-corrected chi connectivity index (χ2v) is 9.34. The molecule has 0 spiro atoms. The maximum Gasteiger partial charge on any atom is 0.293 e. The van der Waals surface area contributed by atoms with E-state index in [4.69, 9.17) is 0 Å². The highest BCUT2D eigenvalue weighted by Crippen LogP contribution is 2.27. The number of rotatable bonds is 4. The van der Waals surface area contributed by atoms with Crippen LogP contribution in [0.1, 0.15) is 10.5 Å². The third-order valence-corrected chi connectivity index (χ3v) is 7.56. The highest BCUT2D eigenvalue weighted by Gasteiger charge is 2.32. The number of aromatic amines is 2. The molecule has 1 aliphatic heterocycles. The van der Waals surface area contributed by atoms with E-state index in [0.29, 0.717) is 16.4 Å². The first-order valence-electron chi connectivity index (χ1n) is 9.84. The molecule has 0 unspecified atom stereocenters. The quantitative estimate of drug-likeness (QED) is 0.357. The second-order valence-electron chi connectivity index (χ2n) is 7.43. The molecule has 0 saturated carbocycles. The third kappa shape index (κ3) is 3.20. The maximum atomic E-state index is 13.1. The Morgan fingerprint density at radius 1 is 1.12 bits per heavy atom. The summed E-state index contributed by atoms with van der Waals surface area (Å²) in [5, 5.41) is 12.3. The van der Waals surface area contributed by atoms with Gasteiger partial charge in [0.2, 0.25) is 10.0 Å². The number of carbonyl (C=O) groups excluding carboxylic acids is 1. The van der Waals surface area contributed by atoms with Gasteiger partial charge in [-0.15, -0.1) is 0 Å². The second kappa shape index (κ2) is 7.43. The van der Waals surface area contributed by atoms with Gasteiger partial charge in [-0.3, -0.25) is 14.9 Å². The van der Waals surface area contributed by atoms with E-state index in [1.807, 2.05) is 0 Å². The van der Waals surface area contributed by atoms with Crippen LogP contribution in [0.3, 0.4) is 0 Å². The number of pyridine rings is 1. The van der Waals surface area contributed by atoms with E-state index in [2.05, 4.69) is 15.0 Å². The monoisotopic (exact) mass is 454 g/mol. The molecule has 3 aromatic heterocycles. The number of nitro groups is 1. The number of hydrogen-bond acceptors (Lipinski definition) is 6. The number of non-ortho nitro benzene ring substituents is 1. The number of fused-ring (bicyclic) bond motifs is 2. The van der Waals surface area contributed by atoms with Crippen molar-refractivity contribution >= 4 is 43.6 Å². The van der Waals surface area contributed by atoms with Gasteiger partial charge in [0.15, 0.2) is 0 Å². The van der Waals surface area contributed by atoms with Crippen LogP contribution in [0.5, 0.6) is 0 Å². The standard InChI is InChI=1S/C20H18N6O5S/c27-20(15-11-13-3-1-5-16(26(28)29)18(13)23-15)24-7-9-25(10-8-24)32(30,31)17-12-22-19-14(17)4-2-6-21-19/h1-6,11-12,23H,7-10H2,(H,21,22). The molecule has 0 bridgehead atoms. The molecule has 1 saturated heterocycles. The third-order valence-electron chi connectivity index (χ3n) is 5.62. The lowest BCUT2D eigenvalue weighted by Crippen LogP contribution is -2.50. The van der Waals surface area contributed by atoms with Gasteiger partial charge in [0.05, 0.1) is 4.92 Å². The maximum absolute atomic E-state index is 13.1. The van der Waals surface area contributed by atoms with Crippen molar-refractivity contribution in [1.29, 1.82) is 0 Å². The predicted molar refractivity (Wildman–Crippen MR) is 116 cm³/mol. The molecule has 4 aromatic rings. The van der Waals surface area contributed by atoms with Crippen LogP contribution >= 0.6 is 0 Å². The van der Waals surface area contributed by atoms with E-state index in [0.717, 1.165) is 0 Å². The van der Waals surface area contributed by atoms with Crippen LogP contribution < -0.4 is 0 Å². The SMILES string of the molecule is O=C(c1cc2cccc([N+](=O)[O-])c2[nH]1)N1CCN(S(=O)(=O)c2c[nH]c3ncccc23)CC1. The van der Waals surface area contributed by atoms with Crippen LogP contribution in [0.4, 0.5) is 5.69 Å². The number of benzene rings is 1. The van der Waals surface area contributed by atoms with Crippen LogP contribution in [-0.4, -0.2) is 69.6 Å². The van der Waals surface area contributed by atoms with E-state index in [-0.39, 0.29) is 53.9 Å². The topological polar surface area (TPSA) is 145 Å². The fraction of sp³-hybridized carbons (Fsp3) is 0.200. The molecular weight excluding hydrogens is 436 g/mol. The molecule has 164 valence electrons. The number of para-hydroxylation sites is 1. The van der Waals surface area contributed by atoms with E-state index in [1.165, 1.54) is 16.6 Å². The Bertz CT molecular complexity index is 1470. The van der Waals surface area contributed by atoms with E-state index >= 15 is 0 Å². The molecule has 0 radical (unpaired) electrons. The van der Waals surface area contributed by atoms with Gasteiger partial charge in [-0.25, -0.2) is 13.4 Å². The number of nitrogens with one attached hydrogen (secondary N) is 2. The summed E-state index contributed by atoms with van der Waals surface area (Å²) < 4.78 is 27.6. The Morgan fingerprint density at radius 3 is 2.66 bits per heavy atom. The Kier molecular flexibility index (Phi) is 4.68. The molecule has 11 nitrogen and oxygen atoms in total. The fourth-order valence-electron chi connectivity index (χ4n) is 3.99. The van der Waals surface area contributed by atoms with Crippen molar-refractivity contribution < 1.29 is 18.1 Å². The van der Waals surface area contributed by atoms with Gasteiger partial charge in [-0.1, -0.05) is 12.1 Å². The summed E-state index contributed by atoms with van der Waals surface area (Å²) >= 11 is 0. The van der Waals surface area contributed by atoms with Crippen molar-refractivity contribution in [2.45, 2.75) is 4.90 Å². The number of sulfonamides is 1. The van der Waals surface area contributed by atoms with Gasteiger partial charge >= 0.3 is 0 Å². The van der Waals surface area contributed by atoms with Gasteiger partial charge in [0, 0.05) is 55.4 Å². The summed E-state index contributed by atoms with van der Waals surface area (Å²) in [5.74, 6) is -0.330. The molecule has 12 heteroatoms. The van der Waals surface area contributed by atoms with Crippen molar-refractivity contribution in [2.75, 3.05) is 26.2 Å². The predicted octanol–water partition coefficient (Wildman–Crippen LogP) is 2.10. The first-order valence-corrected chi connectivity index (χ1v) is 11.3. The smallest absolute Gasteiger partial charge is 0.293 e. The number of piperazine rings is 1. The number of amides is 1. The molecule has 5 rings (SSSR count). The number of aromatic nitrogens is 3. The molecule has 0 atom stereocenters. The van der Waals surface area contributed by atoms with Gasteiger partial charge in [0.25, 0.3) is 11.6 Å². The zero-order chi connectivity index (χ0) is 22.5.